The summed E-state index contributed by atoms with van der Waals surface area (Å²) in [6.07, 6.45) is 0. The molecular weight excluding hydrogens is 250 g/mol. The van der Waals surface area contributed by atoms with E-state index in [1.54, 1.807) is 0 Å². The minimum atomic E-state index is -0.311. The molecule has 0 saturated heterocycles. The van der Waals surface area contributed by atoms with Gasteiger partial charge in [-0.05, 0) is 13.8 Å². The fourth-order valence-electron chi connectivity index (χ4n) is 1.27. The molecule has 2 aromatic rings. The summed E-state index contributed by atoms with van der Waals surface area (Å²) in [6.45, 7) is 7.86. The van der Waals surface area contributed by atoms with Crippen molar-refractivity contribution in [3.8, 4) is 0 Å². The van der Waals surface area contributed by atoms with Crippen LogP contribution in [0.4, 0.5) is 0 Å². The largest absolute Gasteiger partial charge is 0.748 e. The number of rotatable bonds is 2. The Morgan fingerprint density at radius 1 is 1.06 bits per heavy atom. The summed E-state index contributed by atoms with van der Waals surface area (Å²) in [5.74, 6) is 0. The van der Waals surface area contributed by atoms with Gasteiger partial charge in [0, 0.05) is 22.6 Å². The maximum Gasteiger partial charge on any atom is 0.0182 e. The number of hydrogen-bond donors (Lipinski definition) is 1. The van der Waals surface area contributed by atoms with Gasteiger partial charge in [0.1, 0.15) is 0 Å². The zero-order valence-corrected chi connectivity index (χ0v) is 11.4. The van der Waals surface area contributed by atoms with Crippen molar-refractivity contribution in [3.63, 3.8) is 0 Å². The molecule has 0 fully saturated rings. The summed E-state index contributed by atoms with van der Waals surface area (Å²) >= 11 is 0. The second-order valence-corrected chi connectivity index (χ2v) is 4.34. The average molecular weight is 269 g/mol. The van der Waals surface area contributed by atoms with Crippen LogP contribution in [0, 0.1) is 0 Å². The van der Waals surface area contributed by atoms with E-state index in [1.807, 2.05) is 68.4 Å². The molecule has 0 atom stereocenters. The van der Waals surface area contributed by atoms with Crippen LogP contribution < -0.4 is 5.73 Å². The molecule has 0 radical (unpaired) electrons. The van der Waals surface area contributed by atoms with Gasteiger partial charge in [0.25, 0.3) is 0 Å². The first-order chi connectivity index (χ1) is 7.52. The molecule has 17 heavy (non-hydrogen) atoms. The van der Waals surface area contributed by atoms with Crippen molar-refractivity contribution in [1.29, 1.82) is 0 Å². The van der Waals surface area contributed by atoms with E-state index >= 15 is 0 Å². The van der Waals surface area contributed by atoms with Gasteiger partial charge >= 0.3 is 0 Å². The summed E-state index contributed by atoms with van der Waals surface area (Å²) < 4.78 is 0. The van der Waals surface area contributed by atoms with E-state index in [0.717, 1.165) is 11.1 Å². The van der Waals surface area contributed by atoms with Gasteiger partial charge in [0.05, 0.1) is 0 Å². The molecule has 0 aliphatic heterocycles. The summed E-state index contributed by atoms with van der Waals surface area (Å²) in [5, 5.41) is 0. The van der Waals surface area contributed by atoms with Crippen LogP contribution in [-0.4, -0.2) is 5.54 Å². The van der Waals surface area contributed by atoms with Crippen molar-refractivity contribution in [2.75, 3.05) is 0 Å². The Morgan fingerprint density at radius 2 is 1.41 bits per heavy atom. The molecular formula is C15H19FeN-6. The first-order valence-electron chi connectivity index (χ1n) is 5.39. The normalized spacial score (nSPS) is 9.82. The smallest absolute Gasteiger partial charge is 0.0182 e. The van der Waals surface area contributed by atoms with Gasteiger partial charge in [0.15, 0.2) is 0 Å². The third-order valence-electron chi connectivity index (χ3n) is 2.34. The SMILES string of the molecule is C=C([c-]1cccc1)C(C)(C)N.[Fe].[cH-]1[cH-][cH-][cH-][cH-]1. The molecule has 0 unspecified atom stereocenters. The molecule has 0 aliphatic rings. The van der Waals surface area contributed by atoms with Crippen molar-refractivity contribution in [3.05, 3.63) is 66.7 Å². The fourth-order valence-corrected chi connectivity index (χ4v) is 1.27. The van der Waals surface area contributed by atoms with Crippen molar-refractivity contribution >= 4 is 5.57 Å². The molecule has 2 heteroatoms. The number of nitrogens with two attached hydrogens (primary N) is 1. The Hall–Kier alpha value is -1.08. The predicted molar refractivity (Wildman–Crippen MR) is 71.4 cm³/mol. The molecule has 0 bridgehead atoms. The second-order valence-electron chi connectivity index (χ2n) is 4.34. The van der Waals surface area contributed by atoms with E-state index in [1.165, 1.54) is 0 Å². The Labute approximate surface area is 115 Å². The summed E-state index contributed by atoms with van der Waals surface area (Å²) in [5.41, 5.74) is 7.68. The van der Waals surface area contributed by atoms with Crippen molar-refractivity contribution in [1.82, 2.24) is 0 Å². The van der Waals surface area contributed by atoms with Gasteiger partial charge < -0.3 is 36.1 Å². The van der Waals surface area contributed by atoms with Crippen LogP contribution >= 0.6 is 0 Å². The maximum absolute atomic E-state index is 5.87. The molecule has 2 N–H and O–H groups in total. The summed E-state index contributed by atoms with van der Waals surface area (Å²) in [6, 6.07) is 18.0. The van der Waals surface area contributed by atoms with E-state index in [2.05, 4.69) is 6.58 Å². The van der Waals surface area contributed by atoms with E-state index in [4.69, 9.17) is 5.73 Å². The molecule has 0 heterocycles. The number of hydrogen-bond acceptors (Lipinski definition) is 1. The monoisotopic (exact) mass is 269 g/mol. The summed E-state index contributed by atoms with van der Waals surface area (Å²) in [4.78, 5) is 0. The van der Waals surface area contributed by atoms with Crippen molar-refractivity contribution in [2.45, 2.75) is 19.4 Å². The molecule has 0 aromatic heterocycles. The molecule has 2 rings (SSSR count). The van der Waals surface area contributed by atoms with Crippen LogP contribution in [0.25, 0.3) is 5.57 Å². The van der Waals surface area contributed by atoms with E-state index in [9.17, 15) is 0 Å². The van der Waals surface area contributed by atoms with Gasteiger partial charge in [-0.25, -0.2) is 0 Å². The van der Waals surface area contributed by atoms with Crippen LogP contribution in [0.3, 0.4) is 0 Å². The van der Waals surface area contributed by atoms with Gasteiger partial charge in [-0.1, -0.05) is 0 Å². The van der Waals surface area contributed by atoms with Gasteiger partial charge in [-0.2, -0.15) is 18.7 Å². The Balaban J connectivity index is 0.000000360. The van der Waals surface area contributed by atoms with Crippen LogP contribution in [0.1, 0.15) is 19.4 Å². The first kappa shape index (κ1) is 15.9. The van der Waals surface area contributed by atoms with E-state index in [0.29, 0.717) is 0 Å². The predicted octanol–water partition coefficient (Wildman–Crippen LogP) is 3.56. The van der Waals surface area contributed by atoms with Gasteiger partial charge in [0.2, 0.25) is 0 Å². The quantitative estimate of drug-likeness (QED) is 0.654. The van der Waals surface area contributed by atoms with Crippen LogP contribution in [-0.2, 0) is 17.1 Å². The maximum atomic E-state index is 5.87. The first-order valence-corrected chi connectivity index (χ1v) is 5.39. The van der Waals surface area contributed by atoms with E-state index < -0.39 is 0 Å². The zero-order valence-electron chi connectivity index (χ0n) is 10.3. The zero-order chi connectivity index (χ0) is 12.0. The van der Waals surface area contributed by atoms with Crippen molar-refractivity contribution in [2.24, 2.45) is 5.73 Å². The Kier molecular flexibility index (Phi) is 6.82. The third kappa shape index (κ3) is 5.69. The molecule has 2 aromatic carbocycles. The van der Waals surface area contributed by atoms with Crippen molar-refractivity contribution < 1.29 is 17.1 Å². The van der Waals surface area contributed by atoms with Crippen LogP contribution in [0.15, 0.2) is 61.2 Å². The van der Waals surface area contributed by atoms with Crippen LogP contribution in [0.5, 0.6) is 0 Å². The molecule has 0 saturated carbocycles. The molecule has 0 aliphatic carbocycles. The molecule has 0 spiro atoms. The minimum Gasteiger partial charge on any atom is -0.748 e. The van der Waals surface area contributed by atoms with Gasteiger partial charge in [-0.15, -0.1) is 23.3 Å². The standard InChI is InChI=1S/C10H14N.C5H5.Fe/c1-8(10(2,3)11)9-6-4-5-7-9;1-2-4-5-3-1;/h4-7H,1,11H2,2-3H3;1-5H;/q-1;-5;. The molecule has 98 valence electrons. The topological polar surface area (TPSA) is 26.0 Å². The second kappa shape index (κ2) is 7.29. The summed E-state index contributed by atoms with van der Waals surface area (Å²) in [7, 11) is 0. The average Bonchev–Trinajstić information content (AvgIpc) is 2.91. The molecule has 0 amide bonds. The minimum absolute atomic E-state index is 0. The third-order valence-corrected chi connectivity index (χ3v) is 2.34. The fraction of sp³-hybridized carbons (Fsp3) is 0.200. The van der Waals surface area contributed by atoms with E-state index in [-0.39, 0.29) is 22.6 Å². The molecule has 1 nitrogen and oxygen atoms in total. The Morgan fingerprint density at radius 3 is 1.71 bits per heavy atom. The van der Waals surface area contributed by atoms with Gasteiger partial charge in [-0.3, -0.25) is 0 Å². The Bertz CT molecular complexity index is 373. The van der Waals surface area contributed by atoms with Crippen LogP contribution in [0.2, 0.25) is 0 Å².